The zero-order chi connectivity index (χ0) is 28.0. The van der Waals surface area contributed by atoms with Crippen LogP contribution in [-0.4, -0.2) is 36.7 Å². The van der Waals surface area contributed by atoms with Crippen LogP contribution in [0.5, 0.6) is 5.75 Å². The molecule has 4 aromatic heterocycles. The van der Waals surface area contributed by atoms with E-state index >= 15 is 0 Å². The van der Waals surface area contributed by atoms with E-state index in [1.165, 1.54) is 12.1 Å². The van der Waals surface area contributed by atoms with E-state index < -0.39 is 35.6 Å². The number of nitrogens with zero attached hydrogens (tertiary/aromatic N) is 5. The average molecular weight is 601 g/mol. The van der Waals surface area contributed by atoms with Crippen LogP contribution in [0.2, 0.25) is 0 Å². The molecule has 0 amide bonds. The summed E-state index contributed by atoms with van der Waals surface area (Å²) in [5.74, 6) is -0.565. The maximum atomic E-state index is 13.6. The highest BCUT2D eigenvalue weighted by atomic mass is 79.9. The first-order chi connectivity index (χ1) is 17.9. The van der Waals surface area contributed by atoms with Gasteiger partial charge in [0.2, 0.25) is 0 Å². The van der Waals surface area contributed by atoms with Crippen LogP contribution in [0.15, 0.2) is 53.4 Å². The largest absolute Gasteiger partial charge is 0.490 e. The fourth-order valence-electron chi connectivity index (χ4n) is 3.73. The van der Waals surface area contributed by atoms with E-state index in [2.05, 4.69) is 49.8 Å². The van der Waals surface area contributed by atoms with Crippen LogP contribution in [0.1, 0.15) is 51.4 Å². The lowest BCUT2D eigenvalue weighted by molar-refractivity contribution is 0.134. The van der Waals surface area contributed by atoms with E-state index in [1.807, 2.05) is 6.92 Å². The Balaban J connectivity index is 0.000000304. The highest BCUT2D eigenvalue weighted by molar-refractivity contribution is 9.10. The molecule has 1 atom stereocenters. The Morgan fingerprint density at radius 3 is 2.32 bits per heavy atom. The molecule has 4 aromatic rings. The molecule has 2 N–H and O–H groups in total. The first-order valence-electron chi connectivity index (χ1n) is 11.5. The van der Waals surface area contributed by atoms with Gasteiger partial charge in [0.15, 0.2) is 11.5 Å². The van der Waals surface area contributed by atoms with Crippen LogP contribution in [0, 0.1) is 11.7 Å². The van der Waals surface area contributed by atoms with Crippen molar-refractivity contribution in [1.82, 2.24) is 24.6 Å². The molecule has 0 fully saturated rings. The standard InChI is InChI=1S/C19H23F2N5O.C6H3BrF3N/c1-12(2)10-19(3,22)11-27-15-5-4-13(25-17(15)18(20)21)14-6-8-23-16-7-9-24-26(14)16;7-4-2-1-3(8)5(11-4)6(9)10/h4-9,12,18H,10-11,22H2,1-3H3;1-2,6H/t19-;/m0./s1. The molecular weight excluding hydrogens is 575 g/mol. The summed E-state index contributed by atoms with van der Waals surface area (Å²) in [6.45, 7) is 6.08. The number of halogens is 6. The molecular formula is C25H26BrF5N6O. The maximum absolute atomic E-state index is 13.6. The van der Waals surface area contributed by atoms with Crippen LogP contribution in [0.25, 0.3) is 17.0 Å². The van der Waals surface area contributed by atoms with Crippen molar-refractivity contribution in [2.75, 3.05) is 6.61 Å². The van der Waals surface area contributed by atoms with E-state index in [4.69, 9.17) is 10.5 Å². The van der Waals surface area contributed by atoms with Crippen LogP contribution >= 0.6 is 15.9 Å². The Labute approximate surface area is 224 Å². The minimum Gasteiger partial charge on any atom is -0.490 e. The van der Waals surface area contributed by atoms with Gasteiger partial charge in [0, 0.05) is 17.8 Å². The molecule has 0 saturated heterocycles. The molecule has 7 nitrogen and oxygen atoms in total. The minimum absolute atomic E-state index is 0.0416. The molecule has 0 aromatic carbocycles. The van der Waals surface area contributed by atoms with Gasteiger partial charge in [-0.15, -0.1) is 0 Å². The second-order valence-electron chi connectivity index (χ2n) is 9.15. The van der Waals surface area contributed by atoms with Gasteiger partial charge >= 0.3 is 0 Å². The monoisotopic (exact) mass is 600 g/mol. The van der Waals surface area contributed by atoms with Crippen molar-refractivity contribution in [3.8, 4) is 17.1 Å². The molecule has 0 aliphatic carbocycles. The first kappa shape index (κ1) is 29.4. The lowest BCUT2D eigenvalue weighted by atomic mass is 9.93. The zero-order valence-electron chi connectivity index (χ0n) is 20.8. The van der Waals surface area contributed by atoms with Crippen LogP contribution < -0.4 is 10.5 Å². The fraction of sp³-hybridized carbons (Fsp3) is 0.360. The summed E-state index contributed by atoms with van der Waals surface area (Å²) in [5.41, 5.74) is 5.92. The molecule has 0 radical (unpaired) electrons. The second-order valence-corrected chi connectivity index (χ2v) is 9.97. The molecule has 0 aliphatic heterocycles. The van der Waals surface area contributed by atoms with Gasteiger partial charge in [0.25, 0.3) is 12.9 Å². The Morgan fingerprint density at radius 1 is 0.974 bits per heavy atom. The Bertz CT molecular complexity index is 1370. The lowest BCUT2D eigenvalue weighted by Gasteiger charge is -2.27. The molecule has 0 unspecified atom stereocenters. The number of fused-ring (bicyclic) bond motifs is 1. The quantitative estimate of drug-likeness (QED) is 0.177. The normalized spacial score (nSPS) is 13.1. The first-order valence-corrected chi connectivity index (χ1v) is 12.3. The number of pyridine rings is 2. The van der Waals surface area contributed by atoms with Gasteiger partial charge in [0.05, 0.1) is 17.6 Å². The summed E-state index contributed by atoms with van der Waals surface area (Å²) in [6, 6.07) is 8.75. The van der Waals surface area contributed by atoms with Gasteiger partial charge in [0.1, 0.15) is 28.3 Å². The van der Waals surface area contributed by atoms with E-state index in [0.717, 1.165) is 12.5 Å². The highest BCUT2D eigenvalue weighted by Gasteiger charge is 2.24. The SMILES string of the molecule is CC(C)C[C@](C)(N)COc1ccc(-c2ccnc3ccnn23)nc1C(F)F.Fc1ccc(Br)nc1C(F)F. The number of hydrogen-bond acceptors (Lipinski definition) is 6. The molecule has 0 saturated carbocycles. The van der Waals surface area contributed by atoms with Crippen LogP contribution in [0.4, 0.5) is 22.0 Å². The number of rotatable bonds is 8. The van der Waals surface area contributed by atoms with Gasteiger partial charge in [-0.05, 0) is 65.5 Å². The maximum Gasteiger partial charge on any atom is 0.284 e. The van der Waals surface area contributed by atoms with Crippen molar-refractivity contribution in [3.05, 3.63) is 70.6 Å². The van der Waals surface area contributed by atoms with Crippen molar-refractivity contribution in [2.24, 2.45) is 11.7 Å². The molecule has 4 heterocycles. The van der Waals surface area contributed by atoms with E-state index in [1.54, 1.807) is 35.1 Å². The lowest BCUT2D eigenvalue weighted by Crippen LogP contribution is -2.43. The van der Waals surface area contributed by atoms with Crippen molar-refractivity contribution in [3.63, 3.8) is 0 Å². The number of hydrogen-bond donors (Lipinski definition) is 1. The van der Waals surface area contributed by atoms with Gasteiger partial charge in [-0.3, -0.25) is 0 Å². The predicted octanol–water partition coefficient (Wildman–Crippen LogP) is 6.79. The fourth-order valence-corrected chi connectivity index (χ4v) is 4.06. The minimum atomic E-state index is -2.87. The topological polar surface area (TPSA) is 91.2 Å². The van der Waals surface area contributed by atoms with Gasteiger partial charge < -0.3 is 10.5 Å². The van der Waals surface area contributed by atoms with E-state index in [-0.39, 0.29) is 17.0 Å². The van der Waals surface area contributed by atoms with Gasteiger partial charge in [-0.25, -0.2) is 41.4 Å². The molecule has 0 aliphatic rings. The number of aromatic nitrogens is 5. The number of nitrogens with two attached hydrogens (primary N) is 1. The third kappa shape index (κ3) is 7.67. The third-order valence-corrected chi connectivity index (χ3v) is 5.56. The molecule has 4 rings (SSSR count). The summed E-state index contributed by atoms with van der Waals surface area (Å²) in [7, 11) is 0. The van der Waals surface area contributed by atoms with Crippen molar-refractivity contribution in [1.29, 1.82) is 0 Å². The zero-order valence-corrected chi connectivity index (χ0v) is 22.3. The Hall–Kier alpha value is -3.19. The molecule has 38 heavy (non-hydrogen) atoms. The molecule has 204 valence electrons. The van der Waals surface area contributed by atoms with Crippen molar-refractivity contribution in [2.45, 2.75) is 45.6 Å². The molecule has 13 heteroatoms. The Morgan fingerprint density at radius 2 is 1.68 bits per heavy atom. The Kier molecular flexibility index (Phi) is 9.71. The number of alkyl halides is 4. The van der Waals surface area contributed by atoms with Crippen LogP contribution in [0.3, 0.4) is 0 Å². The summed E-state index contributed by atoms with van der Waals surface area (Å²) < 4.78 is 70.8. The molecule has 0 spiro atoms. The van der Waals surface area contributed by atoms with E-state index in [9.17, 15) is 22.0 Å². The van der Waals surface area contributed by atoms with Crippen molar-refractivity contribution < 1.29 is 26.7 Å². The summed E-state index contributed by atoms with van der Waals surface area (Å²) >= 11 is 2.85. The smallest absolute Gasteiger partial charge is 0.284 e. The second kappa shape index (κ2) is 12.6. The van der Waals surface area contributed by atoms with Gasteiger partial charge in [-0.1, -0.05) is 13.8 Å². The summed E-state index contributed by atoms with van der Waals surface area (Å²) in [5, 5.41) is 4.17. The average Bonchev–Trinajstić information content (AvgIpc) is 3.33. The summed E-state index contributed by atoms with van der Waals surface area (Å²) in [4.78, 5) is 11.6. The van der Waals surface area contributed by atoms with E-state index in [0.29, 0.717) is 23.0 Å². The molecule has 0 bridgehead atoms. The van der Waals surface area contributed by atoms with Crippen LogP contribution in [-0.2, 0) is 0 Å². The number of ether oxygens (including phenoxy) is 1. The van der Waals surface area contributed by atoms with Gasteiger partial charge in [-0.2, -0.15) is 5.10 Å². The van der Waals surface area contributed by atoms with Crippen molar-refractivity contribution >= 4 is 21.6 Å². The third-order valence-electron chi connectivity index (χ3n) is 5.12. The highest BCUT2D eigenvalue weighted by Crippen LogP contribution is 2.31. The predicted molar refractivity (Wildman–Crippen MR) is 136 cm³/mol. The summed E-state index contributed by atoms with van der Waals surface area (Å²) in [6.07, 6.45) is -1.74.